The van der Waals surface area contributed by atoms with Gasteiger partial charge in [-0.3, -0.25) is 14.9 Å². The predicted octanol–water partition coefficient (Wildman–Crippen LogP) is 2.48. The number of nitro benzene ring substituents is 1. The maximum Gasteiger partial charge on any atom is 0.292 e. The molecule has 0 spiro atoms. The van der Waals surface area contributed by atoms with Gasteiger partial charge in [0.15, 0.2) is 6.61 Å². The quantitative estimate of drug-likeness (QED) is 0.674. The van der Waals surface area contributed by atoms with Crippen LogP contribution >= 0.6 is 0 Å². The lowest BCUT2D eigenvalue weighted by Crippen LogP contribution is -2.21. The van der Waals surface area contributed by atoms with Crippen molar-refractivity contribution in [2.45, 2.75) is 0 Å². The summed E-state index contributed by atoms with van der Waals surface area (Å²) >= 11 is 0. The molecule has 0 heterocycles. The zero-order chi connectivity index (χ0) is 15.9. The van der Waals surface area contributed by atoms with Crippen molar-refractivity contribution >= 4 is 17.3 Å². The lowest BCUT2D eigenvalue weighted by molar-refractivity contribution is -0.383. The summed E-state index contributed by atoms with van der Waals surface area (Å²) < 4.78 is 5.26. The molecule has 2 aromatic rings. The normalized spacial score (nSPS) is 9.59. The number of nitriles is 1. The molecule has 0 atom stereocenters. The van der Waals surface area contributed by atoms with Crippen LogP contribution in [0.4, 0.5) is 11.4 Å². The van der Waals surface area contributed by atoms with Crippen LogP contribution in [0.2, 0.25) is 0 Å². The van der Waals surface area contributed by atoms with E-state index in [2.05, 4.69) is 5.32 Å². The van der Waals surface area contributed by atoms with E-state index in [-0.39, 0.29) is 23.7 Å². The van der Waals surface area contributed by atoms with Gasteiger partial charge in [0.1, 0.15) is 17.5 Å². The minimum atomic E-state index is -0.582. The van der Waals surface area contributed by atoms with Crippen LogP contribution in [0.3, 0.4) is 0 Å². The third-order valence-electron chi connectivity index (χ3n) is 2.74. The predicted molar refractivity (Wildman–Crippen MR) is 78.4 cm³/mol. The number of carbonyl (C=O) groups is 1. The Hall–Kier alpha value is -3.40. The summed E-state index contributed by atoms with van der Waals surface area (Å²) in [5.41, 5.74) is 0.198. The van der Waals surface area contributed by atoms with E-state index in [9.17, 15) is 14.9 Å². The number of ether oxygens (including phenoxy) is 1. The molecule has 2 rings (SSSR count). The largest absolute Gasteiger partial charge is 0.482 e. The molecular weight excluding hydrogens is 286 g/mol. The fourth-order valence-electron chi connectivity index (χ4n) is 1.75. The smallest absolute Gasteiger partial charge is 0.292 e. The highest BCUT2D eigenvalue weighted by Gasteiger charge is 2.15. The van der Waals surface area contributed by atoms with Gasteiger partial charge < -0.3 is 10.1 Å². The number of para-hydroxylation sites is 3. The summed E-state index contributed by atoms with van der Waals surface area (Å²) in [7, 11) is 0. The second-order valence-electron chi connectivity index (χ2n) is 4.22. The molecular formula is C15H11N3O4. The lowest BCUT2D eigenvalue weighted by Gasteiger charge is -2.08. The van der Waals surface area contributed by atoms with Gasteiger partial charge in [0.25, 0.3) is 11.6 Å². The first kappa shape index (κ1) is 15.0. The van der Waals surface area contributed by atoms with Gasteiger partial charge in [0, 0.05) is 6.07 Å². The molecule has 7 heteroatoms. The molecule has 0 radical (unpaired) electrons. The van der Waals surface area contributed by atoms with E-state index in [4.69, 9.17) is 10.00 Å². The van der Waals surface area contributed by atoms with Crippen molar-refractivity contribution in [3.05, 3.63) is 64.2 Å². The lowest BCUT2D eigenvalue weighted by atomic mass is 10.2. The van der Waals surface area contributed by atoms with Crippen molar-refractivity contribution in [1.82, 2.24) is 0 Å². The molecule has 0 saturated heterocycles. The number of nitrogens with zero attached hydrogens (tertiary/aromatic N) is 2. The van der Waals surface area contributed by atoms with E-state index < -0.39 is 10.8 Å². The van der Waals surface area contributed by atoms with Crippen LogP contribution in [0.5, 0.6) is 5.75 Å². The molecule has 1 N–H and O–H groups in total. The molecule has 7 nitrogen and oxygen atoms in total. The van der Waals surface area contributed by atoms with Crippen molar-refractivity contribution < 1.29 is 14.5 Å². The Balaban J connectivity index is 2.03. The first-order valence-electron chi connectivity index (χ1n) is 6.27. The van der Waals surface area contributed by atoms with Gasteiger partial charge in [-0.2, -0.15) is 5.26 Å². The summed E-state index contributed by atoms with van der Waals surface area (Å²) in [6.45, 7) is -0.356. The van der Waals surface area contributed by atoms with Gasteiger partial charge in [-0.15, -0.1) is 0 Å². The van der Waals surface area contributed by atoms with E-state index in [0.29, 0.717) is 5.56 Å². The summed E-state index contributed by atoms with van der Waals surface area (Å²) in [5, 5.41) is 22.2. The Labute approximate surface area is 125 Å². The molecule has 22 heavy (non-hydrogen) atoms. The molecule has 0 bridgehead atoms. The minimum Gasteiger partial charge on any atom is -0.482 e. The molecule has 0 saturated carbocycles. The maximum absolute atomic E-state index is 11.8. The summed E-state index contributed by atoms with van der Waals surface area (Å²) in [6.07, 6.45) is 0. The standard InChI is InChI=1S/C15H11N3O4/c16-9-11-5-1-4-8-14(11)22-10-15(19)17-12-6-2-3-7-13(12)18(20)21/h1-8H,10H2,(H,17,19). The van der Waals surface area contributed by atoms with Gasteiger partial charge >= 0.3 is 0 Å². The monoisotopic (exact) mass is 297 g/mol. The average molecular weight is 297 g/mol. The van der Waals surface area contributed by atoms with Crippen LogP contribution in [0, 0.1) is 21.4 Å². The highest BCUT2D eigenvalue weighted by atomic mass is 16.6. The molecule has 0 aliphatic carbocycles. The van der Waals surface area contributed by atoms with Crippen molar-refractivity contribution in [3.8, 4) is 11.8 Å². The SMILES string of the molecule is N#Cc1ccccc1OCC(=O)Nc1ccccc1[N+](=O)[O-]. The number of hydrogen-bond acceptors (Lipinski definition) is 5. The van der Waals surface area contributed by atoms with Gasteiger partial charge in [-0.05, 0) is 18.2 Å². The number of carbonyl (C=O) groups excluding carboxylic acids is 1. The second-order valence-corrected chi connectivity index (χ2v) is 4.22. The van der Waals surface area contributed by atoms with Gasteiger partial charge in [-0.1, -0.05) is 24.3 Å². The van der Waals surface area contributed by atoms with Crippen LogP contribution in [-0.2, 0) is 4.79 Å². The number of anilines is 1. The van der Waals surface area contributed by atoms with Crippen LogP contribution in [0.25, 0.3) is 0 Å². The first-order chi connectivity index (χ1) is 10.6. The Kier molecular flexibility index (Phi) is 4.67. The molecule has 2 aromatic carbocycles. The summed E-state index contributed by atoms with van der Waals surface area (Å²) in [5.74, 6) is -0.273. The fourth-order valence-corrected chi connectivity index (χ4v) is 1.75. The summed E-state index contributed by atoms with van der Waals surface area (Å²) in [6, 6.07) is 14.2. The van der Waals surface area contributed by atoms with Crippen LogP contribution in [0.15, 0.2) is 48.5 Å². The van der Waals surface area contributed by atoms with Gasteiger partial charge in [0.2, 0.25) is 0 Å². The summed E-state index contributed by atoms with van der Waals surface area (Å²) in [4.78, 5) is 22.1. The van der Waals surface area contributed by atoms with Crippen LogP contribution < -0.4 is 10.1 Å². The minimum absolute atomic E-state index is 0.0923. The van der Waals surface area contributed by atoms with Crippen molar-refractivity contribution in [1.29, 1.82) is 5.26 Å². The fraction of sp³-hybridized carbons (Fsp3) is 0.0667. The molecule has 0 aromatic heterocycles. The number of amides is 1. The molecule has 110 valence electrons. The average Bonchev–Trinajstić information content (AvgIpc) is 2.53. The number of hydrogen-bond donors (Lipinski definition) is 1. The zero-order valence-corrected chi connectivity index (χ0v) is 11.4. The topological polar surface area (TPSA) is 105 Å². The highest BCUT2D eigenvalue weighted by Crippen LogP contribution is 2.23. The Morgan fingerprint density at radius 3 is 2.64 bits per heavy atom. The van der Waals surface area contributed by atoms with E-state index in [1.54, 1.807) is 30.3 Å². The number of rotatable bonds is 5. The third-order valence-corrected chi connectivity index (χ3v) is 2.74. The van der Waals surface area contributed by atoms with Gasteiger partial charge in [-0.25, -0.2) is 0 Å². The Bertz CT molecular complexity index is 752. The number of nitro groups is 1. The zero-order valence-electron chi connectivity index (χ0n) is 11.4. The Morgan fingerprint density at radius 1 is 1.23 bits per heavy atom. The van der Waals surface area contributed by atoms with Crippen molar-refractivity contribution in [3.63, 3.8) is 0 Å². The number of nitrogens with one attached hydrogen (secondary N) is 1. The van der Waals surface area contributed by atoms with Gasteiger partial charge in [0.05, 0.1) is 10.5 Å². The third kappa shape index (κ3) is 3.58. The maximum atomic E-state index is 11.8. The van der Waals surface area contributed by atoms with Crippen molar-refractivity contribution in [2.24, 2.45) is 0 Å². The molecule has 0 unspecified atom stereocenters. The molecule has 0 fully saturated rings. The Morgan fingerprint density at radius 2 is 1.91 bits per heavy atom. The molecule has 1 amide bonds. The van der Waals surface area contributed by atoms with E-state index >= 15 is 0 Å². The van der Waals surface area contributed by atoms with Crippen LogP contribution in [0.1, 0.15) is 5.56 Å². The van der Waals surface area contributed by atoms with Crippen LogP contribution in [-0.4, -0.2) is 17.4 Å². The first-order valence-corrected chi connectivity index (χ1v) is 6.27. The van der Waals surface area contributed by atoms with E-state index in [1.165, 1.54) is 18.2 Å². The molecule has 0 aliphatic heterocycles. The van der Waals surface area contributed by atoms with E-state index in [0.717, 1.165) is 0 Å². The van der Waals surface area contributed by atoms with E-state index in [1.807, 2.05) is 6.07 Å². The molecule has 0 aliphatic rings. The van der Waals surface area contributed by atoms with Crippen molar-refractivity contribution in [2.75, 3.05) is 11.9 Å². The number of benzene rings is 2. The highest BCUT2D eigenvalue weighted by molar-refractivity contribution is 5.94. The second kappa shape index (κ2) is 6.85.